The van der Waals surface area contributed by atoms with Gasteiger partial charge in [-0.25, -0.2) is 8.42 Å². The third-order valence-electron chi connectivity index (χ3n) is 5.09. The Morgan fingerprint density at radius 3 is 2.24 bits per heavy atom. The molecule has 1 aliphatic rings. The summed E-state index contributed by atoms with van der Waals surface area (Å²) in [6.45, 7) is 1.88. The zero-order valence-electron chi connectivity index (χ0n) is 14.8. The molecule has 0 spiro atoms. The van der Waals surface area contributed by atoms with E-state index in [2.05, 4.69) is 0 Å². The Morgan fingerprint density at radius 2 is 1.72 bits per heavy atom. The first-order valence-electron chi connectivity index (χ1n) is 8.40. The van der Waals surface area contributed by atoms with Gasteiger partial charge in [0.1, 0.15) is 0 Å². The fraction of sp³-hybridized carbons (Fsp3) is 0.556. The first-order valence-corrected chi connectivity index (χ1v) is 10.3. The molecule has 7 heteroatoms. The van der Waals surface area contributed by atoms with Gasteiger partial charge in [-0.1, -0.05) is 18.6 Å². The van der Waals surface area contributed by atoms with Gasteiger partial charge in [0.05, 0.1) is 16.9 Å². The third kappa shape index (κ3) is 4.60. The van der Waals surface area contributed by atoms with E-state index in [0.29, 0.717) is 19.3 Å². The van der Waals surface area contributed by atoms with E-state index in [1.54, 1.807) is 36.2 Å². The first-order chi connectivity index (χ1) is 11.6. The molecule has 1 aliphatic carbocycles. The van der Waals surface area contributed by atoms with Gasteiger partial charge in [-0.15, -0.1) is 0 Å². The van der Waals surface area contributed by atoms with Crippen molar-refractivity contribution in [1.29, 1.82) is 0 Å². The largest absolute Gasteiger partial charge is 0.481 e. The van der Waals surface area contributed by atoms with Crippen LogP contribution in [-0.4, -0.2) is 43.6 Å². The van der Waals surface area contributed by atoms with Crippen LogP contribution in [0, 0.1) is 11.8 Å². The number of carbonyl (C=O) groups excluding carboxylic acids is 1. The molecule has 138 valence electrons. The number of carbonyl (C=O) groups is 2. The summed E-state index contributed by atoms with van der Waals surface area (Å²) in [5, 5.41) is 9.18. The molecule has 0 radical (unpaired) electrons. The minimum Gasteiger partial charge on any atom is -0.481 e. The zero-order valence-corrected chi connectivity index (χ0v) is 15.6. The second-order valence-corrected chi connectivity index (χ2v) is 8.88. The molecular formula is C18H25NO5S. The smallest absolute Gasteiger partial charge is 0.306 e. The summed E-state index contributed by atoms with van der Waals surface area (Å²) in [5.41, 5.74) is 0.842. The number of benzene rings is 1. The number of carboxylic acid groups (broad SMARTS) is 1. The predicted octanol–water partition coefficient (Wildman–Crippen LogP) is 2.50. The van der Waals surface area contributed by atoms with Crippen LogP contribution in [0.5, 0.6) is 0 Å². The highest BCUT2D eigenvalue weighted by Crippen LogP contribution is 2.32. The van der Waals surface area contributed by atoms with Crippen molar-refractivity contribution in [2.24, 2.45) is 11.8 Å². The Balaban J connectivity index is 2.09. The minimum absolute atomic E-state index is 0.0503. The summed E-state index contributed by atoms with van der Waals surface area (Å²) >= 11 is 0. The van der Waals surface area contributed by atoms with Crippen molar-refractivity contribution in [2.75, 3.05) is 13.3 Å². The van der Waals surface area contributed by atoms with Crippen LogP contribution in [0.15, 0.2) is 29.2 Å². The van der Waals surface area contributed by atoms with E-state index in [-0.39, 0.29) is 22.8 Å². The first kappa shape index (κ1) is 19.4. The lowest BCUT2D eigenvalue weighted by Gasteiger charge is -2.32. The van der Waals surface area contributed by atoms with Crippen LogP contribution < -0.4 is 0 Å². The molecule has 0 heterocycles. The molecule has 1 N–H and O–H groups in total. The molecule has 1 amide bonds. The standard InChI is InChI=1S/C18H25NO5S/c1-12(13-7-9-16(10-8-13)25(3,23)24)19(2)17(20)14-5-4-6-15(11-14)18(21)22/h7-10,12,14-15H,4-6,11H2,1-3H3,(H,21,22). The van der Waals surface area contributed by atoms with Gasteiger partial charge < -0.3 is 10.0 Å². The summed E-state index contributed by atoms with van der Waals surface area (Å²) in [7, 11) is -1.54. The SMILES string of the molecule is CC(c1ccc(S(C)(=O)=O)cc1)N(C)C(=O)C1CCCC(C(=O)O)C1. The Labute approximate surface area is 148 Å². The lowest BCUT2D eigenvalue weighted by Crippen LogP contribution is -2.38. The molecule has 1 fully saturated rings. The average Bonchev–Trinajstić information content (AvgIpc) is 2.59. The number of hydrogen-bond donors (Lipinski definition) is 1. The second-order valence-electron chi connectivity index (χ2n) is 6.87. The number of amides is 1. The summed E-state index contributed by atoms with van der Waals surface area (Å²) in [6, 6.07) is 6.30. The highest BCUT2D eigenvalue weighted by molar-refractivity contribution is 7.90. The normalized spacial score (nSPS) is 22.2. The predicted molar refractivity (Wildman–Crippen MR) is 93.8 cm³/mol. The van der Waals surface area contributed by atoms with Crippen molar-refractivity contribution in [2.45, 2.75) is 43.5 Å². The van der Waals surface area contributed by atoms with Crippen LogP contribution in [0.25, 0.3) is 0 Å². The Bertz CT molecular complexity index is 741. The highest BCUT2D eigenvalue weighted by atomic mass is 32.2. The Kier molecular flexibility index (Phi) is 5.87. The van der Waals surface area contributed by atoms with Gasteiger partial charge in [-0.3, -0.25) is 9.59 Å². The van der Waals surface area contributed by atoms with Crippen molar-refractivity contribution in [3.8, 4) is 0 Å². The number of nitrogens with zero attached hydrogens (tertiary/aromatic N) is 1. The highest BCUT2D eigenvalue weighted by Gasteiger charge is 2.33. The van der Waals surface area contributed by atoms with Gasteiger partial charge in [-0.05, 0) is 43.9 Å². The molecule has 2 rings (SSSR count). The quantitative estimate of drug-likeness (QED) is 0.863. The van der Waals surface area contributed by atoms with E-state index in [1.807, 2.05) is 6.92 Å². The maximum absolute atomic E-state index is 12.7. The molecular weight excluding hydrogens is 342 g/mol. The molecule has 1 aromatic carbocycles. The number of aliphatic carboxylic acids is 1. The van der Waals surface area contributed by atoms with Gasteiger partial charge in [0.15, 0.2) is 9.84 Å². The van der Waals surface area contributed by atoms with Crippen molar-refractivity contribution < 1.29 is 23.1 Å². The molecule has 0 saturated heterocycles. The number of rotatable bonds is 5. The molecule has 25 heavy (non-hydrogen) atoms. The Hall–Kier alpha value is -1.89. The van der Waals surface area contributed by atoms with Crippen LogP contribution in [0.4, 0.5) is 0 Å². The second kappa shape index (κ2) is 7.56. The van der Waals surface area contributed by atoms with Gasteiger partial charge in [0, 0.05) is 19.2 Å². The van der Waals surface area contributed by atoms with E-state index in [1.165, 1.54) is 0 Å². The summed E-state index contributed by atoms with van der Waals surface area (Å²) < 4.78 is 23.1. The maximum Gasteiger partial charge on any atom is 0.306 e. The molecule has 1 saturated carbocycles. The van der Waals surface area contributed by atoms with Crippen LogP contribution >= 0.6 is 0 Å². The van der Waals surface area contributed by atoms with Crippen molar-refractivity contribution >= 4 is 21.7 Å². The average molecular weight is 367 g/mol. The lowest BCUT2D eigenvalue weighted by atomic mass is 9.80. The number of carboxylic acids is 1. The van der Waals surface area contributed by atoms with Crippen molar-refractivity contribution in [3.05, 3.63) is 29.8 Å². The van der Waals surface area contributed by atoms with E-state index in [0.717, 1.165) is 18.2 Å². The van der Waals surface area contributed by atoms with Gasteiger partial charge in [0.25, 0.3) is 0 Å². The monoisotopic (exact) mass is 367 g/mol. The molecule has 0 aliphatic heterocycles. The summed E-state index contributed by atoms with van der Waals surface area (Å²) in [6.07, 6.45) is 3.64. The van der Waals surface area contributed by atoms with E-state index in [4.69, 9.17) is 0 Å². The van der Waals surface area contributed by atoms with E-state index >= 15 is 0 Å². The zero-order chi connectivity index (χ0) is 18.8. The molecule has 3 atom stereocenters. The molecule has 0 bridgehead atoms. The van der Waals surface area contributed by atoms with Gasteiger partial charge >= 0.3 is 5.97 Å². The Morgan fingerprint density at radius 1 is 1.16 bits per heavy atom. The minimum atomic E-state index is -3.25. The van der Waals surface area contributed by atoms with Crippen molar-refractivity contribution in [1.82, 2.24) is 4.90 Å². The van der Waals surface area contributed by atoms with Crippen LogP contribution in [0.2, 0.25) is 0 Å². The summed E-state index contributed by atoms with van der Waals surface area (Å²) in [5.74, 6) is -1.59. The van der Waals surface area contributed by atoms with Gasteiger partial charge in [0.2, 0.25) is 5.91 Å². The molecule has 0 aromatic heterocycles. The molecule has 1 aromatic rings. The van der Waals surface area contributed by atoms with Crippen LogP contribution in [0.1, 0.15) is 44.2 Å². The number of sulfone groups is 1. The molecule has 6 nitrogen and oxygen atoms in total. The maximum atomic E-state index is 12.7. The number of hydrogen-bond acceptors (Lipinski definition) is 4. The third-order valence-corrected chi connectivity index (χ3v) is 6.22. The molecule has 3 unspecified atom stereocenters. The van der Waals surface area contributed by atoms with Crippen LogP contribution in [-0.2, 0) is 19.4 Å². The van der Waals surface area contributed by atoms with E-state index < -0.39 is 21.7 Å². The fourth-order valence-corrected chi connectivity index (χ4v) is 3.96. The van der Waals surface area contributed by atoms with Crippen LogP contribution in [0.3, 0.4) is 0 Å². The fourth-order valence-electron chi connectivity index (χ4n) is 3.33. The van der Waals surface area contributed by atoms with E-state index in [9.17, 15) is 23.1 Å². The lowest BCUT2D eigenvalue weighted by molar-refractivity contribution is -0.145. The van der Waals surface area contributed by atoms with Gasteiger partial charge in [-0.2, -0.15) is 0 Å². The summed E-state index contributed by atoms with van der Waals surface area (Å²) in [4.78, 5) is 25.8. The topological polar surface area (TPSA) is 91.8 Å². The van der Waals surface area contributed by atoms with Crippen molar-refractivity contribution in [3.63, 3.8) is 0 Å².